The summed E-state index contributed by atoms with van der Waals surface area (Å²) in [5.74, 6) is -0.376. The second-order valence-corrected chi connectivity index (χ2v) is 3.80. The molecular formula is C10H9F6N. The molecule has 0 saturated heterocycles. The largest absolute Gasteiger partial charge is 0.418 e. The quantitative estimate of drug-likeness (QED) is 0.685. The van der Waals surface area contributed by atoms with E-state index in [1.165, 1.54) is 0 Å². The van der Waals surface area contributed by atoms with Crippen molar-refractivity contribution in [1.29, 1.82) is 0 Å². The summed E-state index contributed by atoms with van der Waals surface area (Å²) in [7, 11) is 0. The number of hydrogen-bond acceptors (Lipinski definition) is 1. The standard InChI is InChI=1S/C10H9F6N/c1-5(2)8-3-6(9(11,12)13)7(4-17-8)10(14,15)16/h3-5H,1-2H3. The molecule has 1 aromatic heterocycles. The van der Waals surface area contributed by atoms with Crippen molar-refractivity contribution < 1.29 is 26.3 Å². The average molecular weight is 257 g/mol. The molecule has 0 bridgehead atoms. The van der Waals surface area contributed by atoms with Gasteiger partial charge in [-0.15, -0.1) is 0 Å². The minimum atomic E-state index is -5.06. The van der Waals surface area contributed by atoms with E-state index in [0.717, 1.165) is 0 Å². The predicted molar refractivity (Wildman–Crippen MR) is 48.3 cm³/mol. The van der Waals surface area contributed by atoms with Crippen molar-refractivity contribution in [2.24, 2.45) is 0 Å². The fourth-order valence-corrected chi connectivity index (χ4v) is 1.25. The lowest BCUT2D eigenvalue weighted by Gasteiger charge is -2.16. The van der Waals surface area contributed by atoms with E-state index in [0.29, 0.717) is 6.07 Å². The molecule has 0 radical (unpaired) electrons. The van der Waals surface area contributed by atoms with Crippen LogP contribution in [0.3, 0.4) is 0 Å². The third-order valence-corrected chi connectivity index (χ3v) is 2.13. The van der Waals surface area contributed by atoms with Gasteiger partial charge >= 0.3 is 12.4 Å². The first-order chi connectivity index (χ1) is 7.53. The van der Waals surface area contributed by atoms with E-state index in [1.807, 2.05) is 0 Å². The zero-order chi connectivity index (χ0) is 13.4. The van der Waals surface area contributed by atoms with Crippen LogP contribution in [0, 0.1) is 0 Å². The van der Waals surface area contributed by atoms with Crippen LogP contribution in [0.15, 0.2) is 12.3 Å². The first-order valence-electron chi connectivity index (χ1n) is 4.68. The lowest BCUT2D eigenvalue weighted by Crippen LogP contribution is -2.18. The van der Waals surface area contributed by atoms with E-state index in [4.69, 9.17) is 0 Å². The van der Waals surface area contributed by atoms with E-state index in [1.54, 1.807) is 13.8 Å². The summed E-state index contributed by atoms with van der Waals surface area (Å²) in [5, 5.41) is 0. The molecule has 17 heavy (non-hydrogen) atoms. The highest BCUT2D eigenvalue weighted by Gasteiger charge is 2.43. The molecule has 0 fully saturated rings. The van der Waals surface area contributed by atoms with Gasteiger partial charge in [-0.25, -0.2) is 0 Å². The van der Waals surface area contributed by atoms with Crippen LogP contribution in [0.25, 0.3) is 0 Å². The topological polar surface area (TPSA) is 12.9 Å². The minimum absolute atomic E-state index is 0.0228. The maximum Gasteiger partial charge on any atom is 0.418 e. The van der Waals surface area contributed by atoms with Gasteiger partial charge in [0.1, 0.15) is 0 Å². The molecule has 0 aliphatic heterocycles. The third kappa shape index (κ3) is 3.10. The van der Waals surface area contributed by atoms with Crippen LogP contribution in [0.2, 0.25) is 0 Å². The summed E-state index contributed by atoms with van der Waals surface area (Å²) >= 11 is 0. The number of aromatic nitrogens is 1. The molecule has 0 spiro atoms. The van der Waals surface area contributed by atoms with E-state index in [9.17, 15) is 26.3 Å². The molecule has 0 aliphatic rings. The molecule has 0 aromatic carbocycles. The first kappa shape index (κ1) is 13.8. The van der Waals surface area contributed by atoms with Crippen molar-refractivity contribution >= 4 is 0 Å². The summed E-state index contributed by atoms with van der Waals surface area (Å²) in [6.45, 7) is 3.10. The number of halogens is 6. The Morgan fingerprint density at radius 3 is 1.76 bits per heavy atom. The molecule has 1 rings (SSSR count). The molecule has 0 N–H and O–H groups in total. The van der Waals surface area contributed by atoms with Gasteiger partial charge in [0, 0.05) is 11.9 Å². The van der Waals surface area contributed by atoms with Gasteiger partial charge in [-0.1, -0.05) is 13.8 Å². The van der Waals surface area contributed by atoms with Gasteiger partial charge in [0.2, 0.25) is 0 Å². The first-order valence-corrected chi connectivity index (χ1v) is 4.68. The van der Waals surface area contributed by atoms with Crippen LogP contribution < -0.4 is 0 Å². The summed E-state index contributed by atoms with van der Waals surface area (Å²) < 4.78 is 74.6. The summed E-state index contributed by atoms with van der Waals surface area (Å²) in [5.41, 5.74) is -3.47. The second-order valence-electron chi connectivity index (χ2n) is 3.80. The fraction of sp³-hybridized carbons (Fsp3) is 0.500. The Morgan fingerprint density at radius 1 is 0.941 bits per heavy atom. The number of pyridine rings is 1. The molecule has 0 aliphatic carbocycles. The Kier molecular flexibility index (Phi) is 3.40. The van der Waals surface area contributed by atoms with Gasteiger partial charge in [0.25, 0.3) is 0 Å². The number of hydrogen-bond donors (Lipinski definition) is 0. The molecule has 0 atom stereocenters. The van der Waals surface area contributed by atoms with E-state index in [-0.39, 0.29) is 17.8 Å². The predicted octanol–water partition coefficient (Wildman–Crippen LogP) is 4.24. The van der Waals surface area contributed by atoms with E-state index < -0.39 is 23.5 Å². The molecule has 0 unspecified atom stereocenters. The molecule has 0 amide bonds. The SMILES string of the molecule is CC(C)c1cc(C(F)(F)F)c(C(F)(F)F)cn1. The highest BCUT2D eigenvalue weighted by Crippen LogP contribution is 2.40. The zero-order valence-corrected chi connectivity index (χ0v) is 8.95. The van der Waals surface area contributed by atoms with Crippen LogP contribution in [-0.4, -0.2) is 4.98 Å². The molecule has 7 heteroatoms. The second kappa shape index (κ2) is 4.19. The summed E-state index contributed by atoms with van der Waals surface area (Å²) in [6, 6.07) is 0.452. The van der Waals surface area contributed by atoms with Gasteiger partial charge in [-0.2, -0.15) is 26.3 Å². The Hall–Kier alpha value is -1.27. The molecular weight excluding hydrogens is 248 g/mol. The van der Waals surface area contributed by atoms with Crippen LogP contribution in [0.1, 0.15) is 36.6 Å². The summed E-state index contributed by atoms with van der Waals surface area (Å²) in [4.78, 5) is 3.40. The molecule has 96 valence electrons. The van der Waals surface area contributed by atoms with Crippen LogP contribution in [-0.2, 0) is 12.4 Å². The lowest BCUT2D eigenvalue weighted by molar-refractivity contribution is -0.162. The van der Waals surface area contributed by atoms with Gasteiger partial charge in [-0.3, -0.25) is 4.98 Å². The highest BCUT2D eigenvalue weighted by molar-refractivity contribution is 5.32. The number of nitrogens with zero attached hydrogens (tertiary/aromatic N) is 1. The fourth-order valence-electron chi connectivity index (χ4n) is 1.25. The van der Waals surface area contributed by atoms with Crippen molar-refractivity contribution in [2.45, 2.75) is 32.1 Å². The van der Waals surface area contributed by atoms with Gasteiger partial charge in [0.05, 0.1) is 11.1 Å². The Morgan fingerprint density at radius 2 is 1.41 bits per heavy atom. The monoisotopic (exact) mass is 257 g/mol. The molecule has 1 aromatic rings. The van der Waals surface area contributed by atoms with Crippen molar-refractivity contribution in [3.63, 3.8) is 0 Å². The Bertz CT molecular complexity index is 404. The lowest BCUT2D eigenvalue weighted by atomic mass is 10.0. The number of rotatable bonds is 1. The van der Waals surface area contributed by atoms with Crippen molar-refractivity contribution in [3.8, 4) is 0 Å². The third-order valence-electron chi connectivity index (χ3n) is 2.13. The van der Waals surface area contributed by atoms with E-state index in [2.05, 4.69) is 4.98 Å². The maximum atomic E-state index is 12.5. The minimum Gasteiger partial charge on any atom is -0.260 e. The van der Waals surface area contributed by atoms with E-state index >= 15 is 0 Å². The molecule has 1 nitrogen and oxygen atoms in total. The van der Waals surface area contributed by atoms with Gasteiger partial charge in [-0.05, 0) is 12.0 Å². The zero-order valence-electron chi connectivity index (χ0n) is 8.95. The smallest absolute Gasteiger partial charge is 0.260 e. The molecule has 1 heterocycles. The normalized spacial score (nSPS) is 13.2. The van der Waals surface area contributed by atoms with Crippen molar-refractivity contribution in [2.75, 3.05) is 0 Å². The van der Waals surface area contributed by atoms with Gasteiger partial charge < -0.3 is 0 Å². The van der Waals surface area contributed by atoms with Crippen molar-refractivity contribution in [3.05, 3.63) is 29.1 Å². The average Bonchev–Trinajstić information content (AvgIpc) is 2.14. The summed E-state index contributed by atoms with van der Waals surface area (Å²) in [6.07, 6.45) is -9.87. The maximum absolute atomic E-state index is 12.5. The van der Waals surface area contributed by atoms with Crippen molar-refractivity contribution in [1.82, 2.24) is 4.98 Å². The Balaban J connectivity index is 3.43. The number of alkyl halides is 6. The highest BCUT2D eigenvalue weighted by atomic mass is 19.4. The van der Waals surface area contributed by atoms with Crippen LogP contribution in [0.5, 0.6) is 0 Å². The van der Waals surface area contributed by atoms with Crippen LogP contribution >= 0.6 is 0 Å². The molecule has 0 saturated carbocycles. The van der Waals surface area contributed by atoms with Crippen LogP contribution in [0.4, 0.5) is 26.3 Å². The Labute approximate surface area is 93.5 Å². The van der Waals surface area contributed by atoms with Gasteiger partial charge in [0.15, 0.2) is 0 Å².